The van der Waals surface area contributed by atoms with Gasteiger partial charge in [-0.15, -0.1) is 0 Å². The van der Waals surface area contributed by atoms with Gasteiger partial charge in [0.25, 0.3) is 0 Å². The quantitative estimate of drug-likeness (QED) is 0.377. The van der Waals surface area contributed by atoms with Crippen LogP contribution in [0.3, 0.4) is 0 Å². The number of benzene rings is 1. The maximum Gasteiger partial charge on any atom is 0.306 e. The number of ketones is 3. The van der Waals surface area contributed by atoms with E-state index < -0.39 is 35.3 Å². The molecule has 0 aliphatic rings. The van der Waals surface area contributed by atoms with Crippen LogP contribution in [-0.4, -0.2) is 42.9 Å². The van der Waals surface area contributed by atoms with Gasteiger partial charge in [-0.25, -0.2) is 4.39 Å². The molecular weight excluding hydrogens is 405 g/mol. The summed E-state index contributed by atoms with van der Waals surface area (Å²) in [6.07, 6.45) is -0.266. The molecule has 0 bridgehead atoms. The zero-order chi connectivity index (χ0) is 23.6. The number of carbonyl (C=O) groups is 5. The molecule has 0 heterocycles. The summed E-state index contributed by atoms with van der Waals surface area (Å²) in [6, 6.07) is 5.09. The average Bonchev–Trinajstić information content (AvgIpc) is 2.74. The zero-order valence-electron chi connectivity index (χ0n) is 18.4. The second-order valence-electron chi connectivity index (χ2n) is 7.74. The van der Waals surface area contributed by atoms with Gasteiger partial charge in [0.05, 0.1) is 20.1 Å². The van der Waals surface area contributed by atoms with Crippen LogP contribution in [0.2, 0.25) is 0 Å². The first-order chi connectivity index (χ1) is 14.6. The Balaban J connectivity index is 2.69. The van der Waals surface area contributed by atoms with Gasteiger partial charge in [0, 0.05) is 36.7 Å². The summed E-state index contributed by atoms with van der Waals surface area (Å²) in [5, 5.41) is 2.53. The second kappa shape index (κ2) is 12.7. The number of hydrogen-bond donors (Lipinski definition) is 1. The second-order valence-corrected chi connectivity index (χ2v) is 7.74. The summed E-state index contributed by atoms with van der Waals surface area (Å²) in [7, 11) is 1.21. The fourth-order valence-electron chi connectivity index (χ4n) is 3.12. The first kappa shape index (κ1) is 26.1. The fraction of sp³-hybridized carbons (Fsp3) is 0.522. The van der Waals surface area contributed by atoms with E-state index in [2.05, 4.69) is 10.1 Å². The molecule has 8 heteroatoms. The van der Waals surface area contributed by atoms with Crippen molar-refractivity contribution in [3.8, 4) is 0 Å². The van der Waals surface area contributed by atoms with Gasteiger partial charge < -0.3 is 10.1 Å². The predicted octanol–water partition coefficient (Wildman–Crippen LogP) is 2.90. The molecule has 7 nitrogen and oxygen atoms in total. The molecule has 0 fully saturated rings. The molecule has 0 aliphatic carbocycles. The van der Waals surface area contributed by atoms with E-state index in [0.29, 0.717) is 5.56 Å². The van der Waals surface area contributed by atoms with Gasteiger partial charge in [0.15, 0.2) is 11.6 Å². The standard InChI is InChI=1S/C23H30FNO6/c1-5-20(27)16(11-22(29)31-4)10-18(26)13-25-23(30)19(14(2)3)12-21(28)15-6-8-17(24)9-7-15/h6-9,14,16,19H,5,10-13H2,1-4H3,(H,25,30). The van der Waals surface area contributed by atoms with Crippen LogP contribution in [0, 0.1) is 23.6 Å². The fourth-order valence-corrected chi connectivity index (χ4v) is 3.12. The van der Waals surface area contributed by atoms with Gasteiger partial charge in [-0.05, 0) is 30.2 Å². The molecular formula is C23H30FNO6. The molecule has 0 aromatic heterocycles. The van der Waals surface area contributed by atoms with Gasteiger partial charge in [-0.3, -0.25) is 24.0 Å². The summed E-state index contributed by atoms with van der Waals surface area (Å²) in [6.45, 7) is 4.92. The van der Waals surface area contributed by atoms with Crippen LogP contribution in [0.1, 0.15) is 56.8 Å². The van der Waals surface area contributed by atoms with Crippen LogP contribution in [0.4, 0.5) is 4.39 Å². The van der Waals surface area contributed by atoms with E-state index in [9.17, 15) is 28.4 Å². The van der Waals surface area contributed by atoms with Crippen molar-refractivity contribution in [2.45, 2.75) is 46.5 Å². The number of Topliss-reactive ketones (excluding diaryl/α,β-unsaturated/α-hetero) is 3. The van der Waals surface area contributed by atoms with Gasteiger partial charge >= 0.3 is 5.97 Å². The number of hydrogen-bond acceptors (Lipinski definition) is 6. The van der Waals surface area contributed by atoms with Crippen molar-refractivity contribution in [3.63, 3.8) is 0 Å². The number of esters is 1. The number of carbonyl (C=O) groups excluding carboxylic acids is 5. The maximum absolute atomic E-state index is 13.0. The molecule has 0 aliphatic heterocycles. The highest BCUT2D eigenvalue weighted by molar-refractivity contribution is 5.99. The molecule has 1 aromatic carbocycles. The van der Waals surface area contributed by atoms with Crippen molar-refractivity contribution in [3.05, 3.63) is 35.6 Å². The van der Waals surface area contributed by atoms with Crippen molar-refractivity contribution in [2.75, 3.05) is 13.7 Å². The Hall–Kier alpha value is -2.90. The van der Waals surface area contributed by atoms with Crippen LogP contribution >= 0.6 is 0 Å². The van der Waals surface area contributed by atoms with Crippen molar-refractivity contribution in [2.24, 2.45) is 17.8 Å². The molecule has 31 heavy (non-hydrogen) atoms. The van der Waals surface area contributed by atoms with Crippen LogP contribution in [-0.2, 0) is 23.9 Å². The molecule has 1 amide bonds. The van der Waals surface area contributed by atoms with E-state index in [0.717, 1.165) is 0 Å². The summed E-state index contributed by atoms with van der Waals surface area (Å²) in [5.41, 5.74) is 0.305. The minimum Gasteiger partial charge on any atom is -0.469 e. The highest BCUT2D eigenvalue weighted by Gasteiger charge is 2.27. The van der Waals surface area contributed by atoms with Gasteiger partial charge in [0.1, 0.15) is 11.6 Å². The Morgan fingerprint density at radius 3 is 2.13 bits per heavy atom. The largest absolute Gasteiger partial charge is 0.469 e. The smallest absolute Gasteiger partial charge is 0.306 e. The van der Waals surface area contributed by atoms with Gasteiger partial charge in [-0.2, -0.15) is 0 Å². The Labute approximate surface area is 181 Å². The lowest BCUT2D eigenvalue weighted by Gasteiger charge is -2.20. The van der Waals surface area contributed by atoms with Crippen LogP contribution in [0.25, 0.3) is 0 Å². The molecule has 2 atom stereocenters. The van der Waals surface area contributed by atoms with Crippen molar-refractivity contribution >= 4 is 29.2 Å². The first-order valence-electron chi connectivity index (χ1n) is 10.3. The van der Waals surface area contributed by atoms with Crippen molar-refractivity contribution < 1.29 is 33.1 Å². The average molecular weight is 435 g/mol. The van der Waals surface area contributed by atoms with Crippen LogP contribution < -0.4 is 5.32 Å². The molecule has 170 valence electrons. The Morgan fingerprint density at radius 1 is 1.00 bits per heavy atom. The molecule has 2 unspecified atom stereocenters. The normalized spacial score (nSPS) is 12.7. The van der Waals surface area contributed by atoms with E-state index >= 15 is 0 Å². The SMILES string of the molecule is CCC(=O)C(CC(=O)CNC(=O)C(CC(=O)c1ccc(F)cc1)C(C)C)CC(=O)OC. The lowest BCUT2D eigenvalue weighted by molar-refractivity contribution is -0.144. The third-order valence-corrected chi connectivity index (χ3v) is 5.09. The number of nitrogens with one attached hydrogen (secondary N) is 1. The Bertz CT molecular complexity index is 803. The first-order valence-corrected chi connectivity index (χ1v) is 10.3. The molecule has 1 N–H and O–H groups in total. The topological polar surface area (TPSA) is 107 Å². The summed E-state index contributed by atoms with van der Waals surface area (Å²) < 4.78 is 17.6. The Morgan fingerprint density at radius 2 is 1.61 bits per heavy atom. The molecule has 0 saturated carbocycles. The lowest BCUT2D eigenvalue weighted by Crippen LogP contribution is -2.38. The van der Waals surface area contributed by atoms with Crippen molar-refractivity contribution in [1.82, 2.24) is 5.32 Å². The summed E-state index contributed by atoms with van der Waals surface area (Å²) in [5.74, 6) is -4.05. The minimum atomic E-state index is -0.789. The number of rotatable bonds is 13. The summed E-state index contributed by atoms with van der Waals surface area (Å²) in [4.78, 5) is 60.8. The number of amides is 1. The van der Waals surface area contributed by atoms with Crippen LogP contribution in [0.15, 0.2) is 24.3 Å². The number of ether oxygens (including phenoxy) is 1. The molecule has 1 rings (SSSR count). The van der Waals surface area contributed by atoms with E-state index in [1.807, 2.05) is 0 Å². The number of methoxy groups -OCH3 is 1. The lowest BCUT2D eigenvalue weighted by atomic mass is 9.88. The van der Waals surface area contributed by atoms with Crippen LogP contribution in [0.5, 0.6) is 0 Å². The third-order valence-electron chi connectivity index (χ3n) is 5.09. The van der Waals surface area contributed by atoms with Gasteiger partial charge in [0.2, 0.25) is 5.91 Å². The molecule has 1 aromatic rings. The minimum absolute atomic E-state index is 0.0807. The van der Waals surface area contributed by atoms with E-state index in [1.165, 1.54) is 31.4 Å². The molecule has 0 saturated heterocycles. The Kier molecular flexibility index (Phi) is 10.7. The highest BCUT2D eigenvalue weighted by atomic mass is 19.1. The van der Waals surface area contributed by atoms with E-state index in [1.54, 1.807) is 20.8 Å². The monoisotopic (exact) mass is 435 g/mol. The zero-order valence-corrected chi connectivity index (χ0v) is 18.4. The highest BCUT2D eigenvalue weighted by Crippen LogP contribution is 2.19. The van der Waals surface area contributed by atoms with Crippen molar-refractivity contribution in [1.29, 1.82) is 0 Å². The van der Waals surface area contributed by atoms with Gasteiger partial charge in [-0.1, -0.05) is 20.8 Å². The number of halogens is 1. The predicted molar refractivity (Wildman–Crippen MR) is 112 cm³/mol. The van der Waals surface area contributed by atoms with E-state index in [4.69, 9.17) is 0 Å². The summed E-state index contributed by atoms with van der Waals surface area (Å²) >= 11 is 0. The maximum atomic E-state index is 13.0. The molecule has 0 spiro atoms. The third kappa shape index (κ3) is 8.78. The van der Waals surface area contributed by atoms with E-state index in [-0.39, 0.29) is 49.7 Å². The molecule has 0 radical (unpaired) electrons.